The second kappa shape index (κ2) is 6.65. The number of halogens is 1. The molecule has 20 heavy (non-hydrogen) atoms. The van der Waals surface area contributed by atoms with Crippen LogP contribution in [0.5, 0.6) is 11.5 Å². The Labute approximate surface area is 124 Å². The first kappa shape index (κ1) is 15.4. The highest BCUT2D eigenvalue weighted by Crippen LogP contribution is 2.32. The van der Waals surface area contributed by atoms with Gasteiger partial charge in [-0.1, -0.05) is 6.07 Å². The lowest BCUT2D eigenvalue weighted by molar-refractivity contribution is 0.171. The monoisotopic (exact) mass is 319 g/mol. The lowest BCUT2D eigenvalue weighted by Crippen LogP contribution is -2.29. The predicted molar refractivity (Wildman–Crippen MR) is 78.1 cm³/mol. The van der Waals surface area contributed by atoms with Crippen LogP contribution >= 0.6 is 11.6 Å². The SMILES string of the molecule is CC(NS(=O)(=O)CCCCl)c1ccc2c(c1)OCCO2. The molecular formula is C13H18ClNO4S. The summed E-state index contributed by atoms with van der Waals surface area (Å²) in [5.41, 5.74) is 0.837. The van der Waals surface area contributed by atoms with E-state index in [0.717, 1.165) is 5.56 Å². The number of ether oxygens (including phenoxy) is 2. The summed E-state index contributed by atoms with van der Waals surface area (Å²) < 4.78 is 37.2. The molecule has 0 saturated carbocycles. The van der Waals surface area contributed by atoms with Gasteiger partial charge in [0.2, 0.25) is 10.0 Å². The Morgan fingerprint density at radius 2 is 2.00 bits per heavy atom. The molecule has 1 aliphatic heterocycles. The molecule has 7 heteroatoms. The predicted octanol–water partition coefficient (Wildman–Crippen LogP) is 2.07. The molecule has 1 aliphatic rings. The third kappa shape index (κ3) is 4.01. The minimum atomic E-state index is -3.32. The highest BCUT2D eigenvalue weighted by atomic mass is 35.5. The van der Waals surface area contributed by atoms with Crippen molar-refractivity contribution in [2.24, 2.45) is 0 Å². The van der Waals surface area contributed by atoms with E-state index < -0.39 is 10.0 Å². The molecule has 0 aliphatic carbocycles. The number of rotatable bonds is 6. The van der Waals surface area contributed by atoms with Crippen molar-refractivity contribution < 1.29 is 17.9 Å². The molecule has 0 spiro atoms. The Bertz CT molecular complexity index is 561. The molecule has 1 atom stereocenters. The van der Waals surface area contributed by atoms with Crippen molar-refractivity contribution in [1.29, 1.82) is 0 Å². The van der Waals surface area contributed by atoms with Gasteiger partial charge in [0.25, 0.3) is 0 Å². The molecule has 5 nitrogen and oxygen atoms in total. The maximum absolute atomic E-state index is 11.8. The summed E-state index contributed by atoms with van der Waals surface area (Å²) in [5.74, 6) is 1.71. The molecule has 112 valence electrons. The summed E-state index contributed by atoms with van der Waals surface area (Å²) in [6.45, 7) is 2.84. The smallest absolute Gasteiger partial charge is 0.212 e. The minimum absolute atomic E-state index is 0.0331. The Hall–Kier alpha value is -0.980. The summed E-state index contributed by atoms with van der Waals surface area (Å²) in [6.07, 6.45) is 0.435. The van der Waals surface area contributed by atoms with Crippen LogP contribution in [-0.4, -0.2) is 33.3 Å². The first-order valence-corrected chi connectivity index (χ1v) is 8.66. The van der Waals surface area contributed by atoms with E-state index in [1.807, 2.05) is 12.1 Å². The first-order chi connectivity index (χ1) is 9.52. The van der Waals surface area contributed by atoms with Crippen LogP contribution in [0.15, 0.2) is 18.2 Å². The summed E-state index contributed by atoms with van der Waals surface area (Å²) in [6, 6.07) is 5.12. The van der Waals surface area contributed by atoms with Crippen LogP contribution in [0.3, 0.4) is 0 Å². The van der Waals surface area contributed by atoms with Gasteiger partial charge in [0, 0.05) is 11.9 Å². The number of benzene rings is 1. The van der Waals surface area contributed by atoms with E-state index in [-0.39, 0.29) is 11.8 Å². The topological polar surface area (TPSA) is 64.6 Å². The Morgan fingerprint density at radius 1 is 1.30 bits per heavy atom. The van der Waals surface area contributed by atoms with Crippen LogP contribution in [0.2, 0.25) is 0 Å². The van der Waals surface area contributed by atoms with Gasteiger partial charge in [-0.2, -0.15) is 0 Å². The van der Waals surface area contributed by atoms with Gasteiger partial charge in [-0.15, -0.1) is 11.6 Å². The zero-order chi connectivity index (χ0) is 14.6. The highest BCUT2D eigenvalue weighted by Gasteiger charge is 2.18. The van der Waals surface area contributed by atoms with E-state index in [1.54, 1.807) is 13.0 Å². The van der Waals surface area contributed by atoms with Crippen LogP contribution in [0.1, 0.15) is 24.9 Å². The van der Waals surface area contributed by atoms with Gasteiger partial charge in [-0.25, -0.2) is 13.1 Å². The van der Waals surface area contributed by atoms with E-state index in [0.29, 0.717) is 37.0 Å². The van der Waals surface area contributed by atoms with Crippen LogP contribution in [0.25, 0.3) is 0 Å². The van der Waals surface area contributed by atoms with Crippen molar-refractivity contribution in [2.45, 2.75) is 19.4 Å². The van der Waals surface area contributed by atoms with Crippen molar-refractivity contribution in [3.05, 3.63) is 23.8 Å². The second-order valence-electron chi connectivity index (χ2n) is 4.60. The number of hydrogen-bond acceptors (Lipinski definition) is 4. The molecule has 0 aromatic heterocycles. The molecule has 0 radical (unpaired) electrons. The molecule has 1 aromatic rings. The summed E-state index contributed by atoms with van der Waals surface area (Å²) in [4.78, 5) is 0. The number of nitrogens with one attached hydrogen (secondary N) is 1. The summed E-state index contributed by atoms with van der Waals surface area (Å²) in [5, 5.41) is 0. The van der Waals surface area contributed by atoms with Gasteiger partial charge >= 0.3 is 0 Å². The molecule has 0 fully saturated rings. The fraction of sp³-hybridized carbons (Fsp3) is 0.538. The molecule has 1 unspecified atom stereocenters. The zero-order valence-corrected chi connectivity index (χ0v) is 12.8. The largest absolute Gasteiger partial charge is 0.486 e. The Morgan fingerprint density at radius 3 is 2.70 bits per heavy atom. The molecule has 1 heterocycles. The summed E-state index contributed by atoms with van der Waals surface area (Å²) in [7, 11) is -3.32. The number of alkyl halides is 1. The highest BCUT2D eigenvalue weighted by molar-refractivity contribution is 7.89. The molecule has 0 bridgehead atoms. The normalized spacial score (nSPS) is 15.9. The van der Waals surface area contributed by atoms with E-state index in [2.05, 4.69) is 4.72 Å². The van der Waals surface area contributed by atoms with E-state index >= 15 is 0 Å². The summed E-state index contributed by atoms with van der Waals surface area (Å²) >= 11 is 5.52. The van der Waals surface area contributed by atoms with Gasteiger partial charge in [0.1, 0.15) is 13.2 Å². The van der Waals surface area contributed by atoms with E-state index in [4.69, 9.17) is 21.1 Å². The van der Waals surface area contributed by atoms with Crippen molar-refractivity contribution in [2.75, 3.05) is 24.8 Å². The average Bonchev–Trinajstić information content (AvgIpc) is 2.44. The van der Waals surface area contributed by atoms with Gasteiger partial charge < -0.3 is 9.47 Å². The van der Waals surface area contributed by atoms with Crippen molar-refractivity contribution in [1.82, 2.24) is 4.72 Å². The lowest BCUT2D eigenvalue weighted by Gasteiger charge is -2.21. The van der Waals surface area contributed by atoms with Crippen LogP contribution in [0.4, 0.5) is 0 Å². The Kier molecular flexibility index (Phi) is 5.12. The Balaban J connectivity index is 2.07. The molecule has 1 N–H and O–H groups in total. The third-order valence-electron chi connectivity index (χ3n) is 2.97. The number of fused-ring (bicyclic) bond motifs is 1. The van der Waals surface area contributed by atoms with Crippen LogP contribution in [0, 0.1) is 0 Å². The number of sulfonamides is 1. The quantitative estimate of drug-likeness (QED) is 0.815. The van der Waals surface area contributed by atoms with Crippen LogP contribution in [-0.2, 0) is 10.0 Å². The fourth-order valence-electron chi connectivity index (χ4n) is 1.97. The van der Waals surface area contributed by atoms with E-state index in [1.165, 1.54) is 0 Å². The second-order valence-corrected chi connectivity index (χ2v) is 6.86. The van der Waals surface area contributed by atoms with E-state index in [9.17, 15) is 8.42 Å². The fourth-order valence-corrected chi connectivity index (χ4v) is 3.58. The van der Waals surface area contributed by atoms with Gasteiger partial charge in [0.15, 0.2) is 11.5 Å². The molecule has 0 amide bonds. The van der Waals surface area contributed by atoms with Gasteiger partial charge in [0.05, 0.1) is 5.75 Å². The third-order valence-corrected chi connectivity index (χ3v) is 4.78. The van der Waals surface area contributed by atoms with Crippen molar-refractivity contribution in [3.8, 4) is 11.5 Å². The maximum atomic E-state index is 11.8. The van der Waals surface area contributed by atoms with Gasteiger partial charge in [-0.3, -0.25) is 0 Å². The van der Waals surface area contributed by atoms with Crippen molar-refractivity contribution in [3.63, 3.8) is 0 Å². The minimum Gasteiger partial charge on any atom is -0.486 e. The maximum Gasteiger partial charge on any atom is 0.212 e. The average molecular weight is 320 g/mol. The lowest BCUT2D eigenvalue weighted by atomic mass is 10.1. The molecule has 1 aromatic carbocycles. The molecular weight excluding hydrogens is 302 g/mol. The van der Waals surface area contributed by atoms with Crippen molar-refractivity contribution >= 4 is 21.6 Å². The van der Waals surface area contributed by atoms with Gasteiger partial charge in [-0.05, 0) is 31.0 Å². The number of hydrogen-bond donors (Lipinski definition) is 1. The standard InChI is InChI=1S/C13H18ClNO4S/c1-10(15-20(16,17)8-2-5-14)11-3-4-12-13(9-11)19-7-6-18-12/h3-4,9-10,15H,2,5-8H2,1H3. The molecule has 2 rings (SSSR count). The van der Waals surface area contributed by atoms with Crippen LogP contribution < -0.4 is 14.2 Å². The first-order valence-electron chi connectivity index (χ1n) is 6.47. The molecule has 0 saturated heterocycles. The zero-order valence-electron chi connectivity index (χ0n) is 11.3.